The molecule has 0 unspecified atom stereocenters. The average molecular weight is 665 g/mol. The van der Waals surface area contributed by atoms with Crippen LogP contribution in [0.5, 0.6) is 0 Å². The Morgan fingerprint density at radius 1 is 0.385 bits per heavy atom. The van der Waals surface area contributed by atoms with Gasteiger partial charge in [0.25, 0.3) is 0 Å². The maximum absolute atomic E-state index is 9.95. The molecule has 0 aliphatic rings. The molecule has 0 N–H and O–H groups in total. The molecule has 0 aliphatic heterocycles. The van der Waals surface area contributed by atoms with E-state index in [0.29, 0.717) is 23.2 Å². The number of aromatic nitrogens is 5. The van der Waals surface area contributed by atoms with Crippen LogP contribution in [0.2, 0.25) is 0 Å². The van der Waals surface area contributed by atoms with Crippen molar-refractivity contribution in [1.82, 2.24) is 24.1 Å². The quantitative estimate of drug-likeness (QED) is 0.184. The summed E-state index contributed by atoms with van der Waals surface area (Å²) in [7, 11) is 0. The first-order chi connectivity index (χ1) is 25.7. The number of fused-ring (bicyclic) bond motifs is 6. The standard InChI is InChI=1S/C46H28N6/c47-29-30-20-23-37-38-24-21-34(33-22-25-41-39(27-33)36-18-10-11-19-40(36)51(41)35-16-8-3-9-17-35)28-43(38)52(42(37)26-30)46-49-44(31-12-4-1-5-13-31)48-45(50-46)32-14-6-2-7-15-32/h1-28H. The van der Waals surface area contributed by atoms with Gasteiger partial charge in [0.2, 0.25) is 5.95 Å². The first kappa shape index (κ1) is 29.5. The van der Waals surface area contributed by atoms with E-state index in [0.717, 1.165) is 55.3 Å². The van der Waals surface area contributed by atoms with Crippen molar-refractivity contribution in [2.75, 3.05) is 0 Å². The van der Waals surface area contributed by atoms with Gasteiger partial charge in [0, 0.05) is 38.4 Å². The summed E-state index contributed by atoms with van der Waals surface area (Å²) in [4.78, 5) is 15.1. The number of hydrogen-bond donors (Lipinski definition) is 0. The van der Waals surface area contributed by atoms with Gasteiger partial charge in [-0.25, -0.2) is 4.98 Å². The van der Waals surface area contributed by atoms with Crippen LogP contribution in [0, 0.1) is 11.3 Å². The summed E-state index contributed by atoms with van der Waals surface area (Å²) in [5, 5.41) is 14.4. The third-order valence-electron chi connectivity index (χ3n) is 9.80. The smallest absolute Gasteiger partial charge is 0.238 e. The van der Waals surface area contributed by atoms with Crippen LogP contribution in [-0.2, 0) is 0 Å². The maximum atomic E-state index is 9.95. The van der Waals surface area contributed by atoms with Crippen molar-refractivity contribution in [1.29, 1.82) is 5.26 Å². The largest absolute Gasteiger partial charge is 0.309 e. The van der Waals surface area contributed by atoms with Crippen LogP contribution in [-0.4, -0.2) is 24.1 Å². The average Bonchev–Trinajstić information content (AvgIpc) is 3.73. The molecule has 10 aromatic rings. The number of rotatable bonds is 5. The lowest BCUT2D eigenvalue weighted by molar-refractivity contribution is 0.953. The lowest BCUT2D eigenvalue weighted by Crippen LogP contribution is -2.06. The first-order valence-electron chi connectivity index (χ1n) is 17.2. The predicted molar refractivity (Wildman–Crippen MR) is 210 cm³/mol. The minimum Gasteiger partial charge on any atom is -0.309 e. The van der Waals surface area contributed by atoms with Crippen LogP contribution in [0.25, 0.3) is 89.2 Å². The van der Waals surface area contributed by atoms with Crippen molar-refractivity contribution in [2.24, 2.45) is 0 Å². The van der Waals surface area contributed by atoms with Gasteiger partial charge in [0.05, 0.1) is 33.7 Å². The van der Waals surface area contributed by atoms with Gasteiger partial charge in [-0.05, 0) is 59.7 Å². The zero-order chi connectivity index (χ0) is 34.6. The molecule has 242 valence electrons. The molecular formula is C46H28N6. The summed E-state index contributed by atoms with van der Waals surface area (Å²) in [6, 6.07) is 60.5. The molecule has 0 radical (unpaired) electrons. The first-order valence-corrected chi connectivity index (χ1v) is 17.2. The fraction of sp³-hybridized carbons (Fsp3) is 0. The van der Waals surface area contributed by atoms with Crippen molar-refractivity contribution in [3.8, 4) is 51.6 Å². The van der Waals surface area contributed by atoms with Gasteiger partial charge in [-0.1, -0.05) is 121 Å². The van der Waals surface area contributed by atoms with Crippen LogP contribution in [0.15, 0.2) is 170 Å². The molecule has 0 fully saturated rings. The highest BCUT2D eigenvalue weighted by atomic mass is 15.2. The van der Waals surface area contributed by atoms with Crippen molar-refractivity contribution in [3.63, 3.8) is 0 Å². The molecule has 0 atom stereocenters. The summed E-state index contributed by atoms with van der Waals surface area (Å²) >= 11 is 0. The minimum absolute atomic E-state index is 0.487. The van der Waals surface area contributed by atoms with E-state index in [9.17, 15) is 5.26 Å². The van der Waals surface area contributed by atoms with Crippen LogP contribution in [0.1, 0.15) is 5.56 Å². The molecule has 0 spiro atoms. The Hall–Kier alpha value is -7.36. The molecule has 52 heavy (non-hydrogen) atoms. The Kier molecular flexibility index (Phi) is 6.76. The fourth-order valence-corrected chi connectivity index (χ4v) is 7.39. The number of hydrogen-bond acceptors (Lipinski definition) is 4. The SMILES string of the molecule is N#Cc1ccc2c3ccc(-c4ccc5c(c4)c4ccccc4n5-c4ccccc4)cc3n(-c3nc(-c4ccccc4)nc(-c4ccccc4)n3)c2c1. The van der Waals surface area contributed by atoms with E-state index >= 15 is 0 Å². The van der Waals surface area contributed by atoms with Gasteiger partial charge in [0.1, 0.15) is 0 Å². The van der Waals surface area contributed by atoms with Gasteiger partial charge in [-0.15, -0.1) is 0 Å². The molecule has 10 rings (SSSR count). The van der Waals surface area contributed by atoms with Crippen LogP contribution in [0.4, 0.5) is 0 Å². The molecule has 0 saturated heterocycles. The molecule has 6 nitrogen and oxygen atoms in total. The second-order valence-electron chi connectivity index (χ2n) is 12.8. The number of para-hydroxylation sites is 2. The Bertz CT molecular complexity index is 2950. The normalized spacial score (nSPS) is 11.4. The van der Waals surface area contributed by atoms with Crippen LogP contribution < -0.4 is 0 Å². The maximum Gasteiger partial charge on any atom is 0.238 e. The van der Waals surface area contributed by atoms with Gasteiger partial charge in [0.15, 0.2) is 11.6 Å². The fourth-order valence-electron chi connectivity index (χ4n) is 7.39. The number of nitriles is 1. The molecular weight excluding hydrogens is 637 g/mol. The van der Waals surface area contributed by atoms with Crippen molar-refractivity contribution in [3.05, 3.63) is 175 Å². The molecule has 0 saturated carbocycles. The zero-order valence-corrected chi connectivity index (χ0v) is 27.8. The van der Waals surface area contributed by atoms with E-state index in [1.807, 2.05) is 84.9 Å². The van der Waals surface area contributed by atoms with E-state index in [2.05, 4.69) is 100 Å². The predicted octanol–water partition coefficient (Wildman–Crippen LogP) is 10.9. The summed E-state index contributed by atoms with van der Waals surface area (Å²) in [6.45, 7) is 0. The molecule has 0 bridgehead atoms. The van der Waals surface area contributed by atoms with Crippen molar-refractivity contribution in [2.45, 2.75) is 0 Å². The summed E-state index contributed by atoms with van der Waals surface area (Å²) < 4.78 is 4.41. The third kappa shape index (κ3) is 4.76. The lowest BCUT2D eigenvalue weighted by atomic mass is 10.0. The van der Waals surface area contributed by atoms with E-state index in [1.54, 1.807) is 0 Å². The monoisotopic (exact) mass is 664 g/mol. The molecule has 3 heterocycles. The van der Waals surface area contributed by atoms with Crippen LogP contribution >= 0.6 is 0 Å². The van der Waals surface area contributed by atoms with E-state index in [-0.39, 0.29) is 0 Å². The van der Waals surface area contributed by atoms with E-state index < -0.39 is 0 Å². The van der Waals surface area contributed by atoms with Gasteiger partial charge >= 0.3 is 0 Å². The van der Waals surface area contributed by atoms with E-state index in [4.69, 9.17) is 15.0 Å². The van der Waals surface area contributed by atoms with Crippen LogP contribution in [0.3, 0.4) is 0 Å². The summed E-state index contributed by atoms with van der Waals surface area (Å²) in [5.41, 5.74) is 9.78. The van der Waals surface area contributed by atoms with Crippen molar-refractivity contribution >= 4 is 43.6 Å². The van der Waals surface area contributed by atoms with E-state index in [1.165, 1.54) is 16.3 Å². The highest BCUT2D eigenvalue weighted by Gasteiger charge is 2.20. The Morgan fingerprint density at radius 2 is 0.923 bits per heavy atom. The summed E-state index contributed by atoms with van der Waals surface area (Å²) in [6.07, 6.45) is 0. The molecule has 0 aliphatic carbocycles. The Labute approximate surface area is 299 Å². The number of nitrogens with zero attached hydrogens (tertiary/aromatic N) is 6. The van der Waals surface area contributed by atoms with Gasteiger partial charge in [-0.3, -0.25) is 4.57 Å². The highest BCUT2D eigenvalue weighted by molar-refractivity contribution is 6.12. The van der Waals surface area contributed by atoms with Gasteiger partial charge < -0.3 is 4.57 Å². The molecule has 7 aromatic carbocycles. The Balaban J connectivity index is 1.22. The topological polar surface area (TPSA) is 72.3 Å². The third-order valence-corrected chi connectivity index (χ3v) is 9.80. The zero-order valence-electron chi connectivity index (χ0n) is 27.8. The Morgan fingerprint density at radius 3 is 1.62 bits per heavy atom. The second kappa shape index (κ2) is 11.9. The van der Waals surface area contributed by atoms with Gasteiger partial charge in [-0.2, -0.15) is 15.2 Å². The van der Waals surface area contributed by atoms with Crippen molar-refractivity contribution < 1.29 is 0 Å². The lowest BCUT2D eigenvalue weighted by Gasteiger charge is -2.11. The number of benzene rings is 7. The molecule has 6 heteroatoms. The molecule has 0 amide bonds. The molecule has 3 aromatic heterocycles. The minimum atomic E-state index is 0.487. The summed E-state index contributed by atoms with van der Waals surface area (Å²) in [5.74, 6) is 1.64. The highest BCUT2D eigenvalue weighted by Crippen LogP contribution is 2.38. The second-order valence-corrected chi connectivity index (χ2v) is 12.8.